The van der Waals surface area contributed by atoms with Crippen molar-refractivity contribution in [3.63, 3.8) is 0 Å². The zero-order chi connectivity index (χ0) is 30.4. The van der Waals surface area contributed by atoms with Crippen molar-refractivity contribution in [1.29, 1.82) is 0 Å². The zero-order valence-corrected chi connectivity index (χ0v) is 24.1. The first-order chi connectivity index (χ1) is 20.8. The molecule has 1 aliphatic heterocycles. The Bertz CT molecular complexity index is 1780. The van der Waals surface area contributed by atoms with E-state index in [0.29, 0.717) is 22.6 Å². The van der Waals surface area contributed by atoms with Crippen LogP contribution in [0.1, 0.15) is 22.8 Å². The highest BCUT2D eigenvalue weighted by Gasteiger charge is 2.41. The largest absolute Gasteiger partial charge is 0.481 e. The summed E-state index contributed by atoms with van der Waals surface area (Å²) in [6.45, 7) is 1.30. The summed E-state index contributed by atoms with van der Waals surface area (Å²) in [5.74, 6) is 4.54. The summed E-state index contributed by atoms with van der Waals surface area (Å²) in [7, 11) is -4.28. The Kier molecular flexibility index (Phi) is 8.87. The van der Waals surface area contributed by atoms with E-state index in [2.05, 4.69) is 11.8 Å². The molecule has 218 valence electrons. The molecule has 0 spiro atoms. The third kappa shape index (κ3) is 6.29. The third-order valence-electron chi connectivity index (χ3n) is 7.13. The number of nitrogens with one attached hydrogen (secondary N) is 1. The van der Waals surface area contributed by atoms with Gasteiger partial charge >= 0.3 is 0 Å². The molecule has 1 heterocycles. The molecule has 0 saturated carbocycles. The summed E-state index contributed by atoms with van der Waals surface area (Å²) in [5.41, 5.74) is 4.86. The second-order valence-corrected chi connectivity index (χ2v) is 11.6. The molecule has 1 aliphatic rings. The number of ether oxygens (including phenoxy) is 1. The minimum absolute atomic E-state index is 0.0778. The maximum atomic E-state index is 14.0. The number of carbonyl (C=O) groups excluding carboxylic acids is 2. The van der Waals surface area contributed by atoms with Crippen molar-refractivity contribution >= 4 is 27.5 Å². The molecule has 1 atom stereocenters. The molecule has 10 heteroatoms. The summed E-state index contributed by atoms with van der Waals surface area (Å²) >= 11 is 0. The lowest BCUT2D eigenvalue weighted by molar-refractivity contribution is -0.133. The number of benzene rings is 4. The maximum Gasteiger partial charge on any atom is 0.263 e. The monoisotopic (exact) mass is 595 g/mol. The van der Waals surface area contributed by atoms with Gasteiger partial charge in [-0.1, -0.05) is 66.6 Å². The van der Waals surface area contributed by atoms with Gasteiger partial charge in [0.2, 0.25) is 10.0 Å². The van der Waals surface area contributed by atoms with E-state index in [0.717, 1.165) is 15.4 Å². The number of hydroxylamine groups is 1. The molecule has 5 rings (SSSR count). The molecule has 4 aromatic carbocycles. The van der Waals surface area contributed by atoms with Crippen LogP contribution in [0.25, 0.3) is 11.1 Å². The van der Waals surface area contributed by atoms with Gasteiger partial charge in [0.15, 0.2) is 0 Å². The third-order valence-corrected chi connectivity index (χ3v) is 9.00. The van der Waals surface area contributed by atoms with E-state index in [9.17, 15) is 23.2 Å². The predicted octanol–water partition coefficient (Wildman–Crippen LogP) is 4.48. The Morgan fingerprint density at radius 3 is 2.23 bits per heavy atom. The zero-order valence-electron chi connectivity index (χ0n) is 23.3. The summed E-state index contributed by atoms with van der Waals surface area (Å²) in [6.07, 6.45) is 0. The van der Waals surface area contributed by atoms with Crippen LogP contribution in [0.5, 0.6) is 5.75 Å². The topological polar surface area (TPSA) is 116 Å². The van der Waals surface area contributed by atoms with Gasteiger partial charge in [-0.25, -0.2) is 13.9 Å². The van der Waals surface area contributed by atoms with Crippen LogP contribution in [0.2, 0.25) is 0 Å². The van der Waals surface area contributed by atoms with E-state index < -0.39 is 27.9 Å². The first-order valence-electron chi connectivity index (χ1n) is 13.5. The Hall–Kier alpha value is -4.95. The molecule has 43 heavy (non-hydrogen) atoms. The second kappa shape index (κ2) is 12.9. The Balaban J connectivity index is 1.50. The summed E-state index contributed by atoms with van der Waals surface area (Å²) < 4.78 is 34.4. The number of hydrogen-bond acceptors (Lipinski definition) is 6. The van der Waals surface area contributed by atoms with Crippen LogP contribution in [0.3, 0.4) is 0 Å². The van der Waals surface area contributed by atoms with Crippen LogP contribution in [0.4, 0.5) is 5.69 Å². The van der Waals surface area contributed by atoms with Crippen LogP contribution < -0.4 is 15.1 Å². The van der Waals surface area contributed by atoms with Crippen molar-refractivity contribution in [1.82, 2.24) is 9.79 Å². The normalized spacial score (nSPS) is 14.9. The van der Waals surface area contributed by atoms with E-state index >= 15 is 0 Å². The number of hydrogen-bond donors (Lipinski definition) is 2. The molecule has 0 radical (unpaired) electrons. The van der Waals surface area contributed by atoms with Crippen LogP contribution in [0, 0.1) is 11.8 Å². The number of amides is 2. The summed E-state index contributed by atoms with van der Waals surface area (Å²) in [6, 6.07) is 28.0. The smallest absolute Gasteiger partial charge is 0.263 e. The number of anilines is 1. The highest BCUT2D eigenvalue weighted by atomic mass is 32.2. The summed E-state index contributed by atoms with van der Waals surface area (Å²) in [4.78, 5) is 28.3. The molecule has 0 saturated heterocycles. The van der Waals surface area contributed by atoms with Crippen LogP contribution >= 0.6 is 0 Å². The van der Waals surface area contributed by atoms with Crippen LogP contribution in [-0.4, -0.2) is 48.9 Å². The van der Waals surface area contributed by atoms with Gasteiger partial charge in [-0.15, -0.1) is 5.92 Å². The number of sulfonamides is 1. The van der Waals surface area contributed by atoms with Crippen molar-refractivity contribution in [2.75, 3.05) is 18.1 Å². The van der Waals surface area contributed by atoms with Crippen LogP contribution in [-0.2, 0) is 21.4 Å². The number of carbonyl (C=O) groups is 2. The lowest BCUT2D eigenvalue weighted by atomic mass is 10.0. The Morgan fingerprint density at radius 1 is 0.907 bits per heavy atom. The standard InChI is InChI=1S/C33H29N3O6S/c1-2-3-21-42-28-17-19-29(20-18-28)43(40,41)36-22-27-11-7-8-12-30(27)35(23-31(36)32(37)34-39)33(38)26-15-13-25(14-16-26)24-9-5-4-6-10-24/h4-20,31,39H,21-23H2,1H3,(H,34,37). The van der Waals surface area contributed by atoms with Gasteiger partial charge in [0.05, 0.1) is 11.4 Å². The predicted molar refractivity (Wildman–Crippen MR) is 162 cm³/mol. The van der Waals surface area contributed by atoms with Crippen molar-refractivity contribution < 1.29 is 28.0 Å². The number of rotatable bonds is 7. The molecule has 0 fully saturated rings. The van der Waals surface area contributed by atoms with Gasteiger partial charge < -0.3 is 9.64 Å². The lowest BCUT2D eigenvalue weighted by Gasteiger charge is -2.29. The molecule has 9 nitrogen and oxygen atoms in total. The second-order valence-electron chi connectivity index (χ2n) is 9.72. The first-order valence-corrected chi connectivity index (χ1v) is 14.9. The number of fused-ring (bicyclic) bond motifs is 1. The Morgan fingerprint density at radius 2 is 1.56 bits per heavy atom. The van der Waals surface area contributed by atoms with Gasteiger partial charge in [0.25, 0.3) is 11.8 Å². The average Bonchev–Trinajstić information content (AvgIpc) is 3.23. The molecule has 1 unspecified atom stereocenters. The fourth-order valence-electron chi connectivity index (χ4n) is 4.91. The van der Waals surface area contributed by atoms with E-state index in [-0.39, 0.29) is 24.6 Å². The van der Waals surface area contributed by atoms with Crippen molar-refractivity contribution in [2.45, 2.75) is 24.4 Å². The molecule has 4 aromatic rings. The van der Waals surface area contributed by atoms with E-state index in [4.69, 9.17) is 4.74 Å². The van der Waals surface area contributed by atoms with Gasteiger partial charge in [-0.2, -0.15) is 4.31 Å². The lowest BCUT2D eigenvalue weighted by Crippen LogP contribution is -2.53. The molecule has 2 amide bonds. The highest BCUT2D eigenvalue weighted by molar-refractivity contribution is 7.89. The van der Waals surface area contributed by atoms with Gasteiger partial charge in [0, 0.05) is 17.8 Å². The molecular weight excluding hydrogens is 566 g/mol. The maximum absolute atomic E-state index is 14.0. The van der Waals surface area contributed by atoms with Gasteiger partial charge in [-0.3, -0.25) is 14.8 Å². The van der Waals surface area contributed by atoms with Gasteiger partial charge in [-0.05, 0) is 66.1 Å². The highest BCUT2D eigenvalue weighted by Crippen LogP contribution is 2.33. The Labute approximate surface area is 250 Å². The quantitative estimate of drug-likeness (QED) is 0.185. The number of nitrogens with zero attached hydrogens (tertiary/aromatic N) is 2. The molecule has 2 N–H and O–H groups in total. The first kappa shape index (κ1) is 29.5. The fraction of sp³-hybridized carbons (Fsp3) is 0.152. The fourth-order valence-corrected chi connectivity index (χ4v) is 6.47. The molecule has 0 aliphatic carbocycles. The van der Waals surface area contributed by atoms with Crippen LogP contribution in [0.15, 0.2) is 108 Å². The summed E-state index contributed by atoms with van der Waals surface area (Å²) in [5, 5.41) is 9.62. The molecule has 0 bridgehead atoms. The SMILES string of the molecule is CC#CCOc1ccc(S(=O)(=O)N2Cc3ccccc3N(C(=O)c3ccc(-c4ccccc4)cc3)CC2C(=O)NO)cc1. The number of para-hydroxylation sites is 1. The van der Waals surface area contributed by atoms with E-state index in [1.54, 1.807) is 48.8 Å². The average molecular weight is 596 g/mol. The molecular formula is C33H29N3O6S. The van der Waals surface area contributed by atoms with E-state index in [1.165, 1.54) is 29.2 Å². The van der Waals surface area contributed by atoms with Crippen molar-refractivity contribution in [3.8, 4) is 28.7 Å². The minimum Gasteiger partial charge on any atom is -0.481 e. The molecule has 0 aromatic heterocycles. The van der Waals surface area contributed by atoms with Crippen molar-refractivity contribution in [3.05, 3.63) is 114 Å². The minimum atomic E-state index is -4.28. The van der Waals surface area contributed by atoms with Crippen molar-refractivity contribution in [2.24, 2.45) is 0 Å². The van der Waals surface area contributed by atoms with E-state index in [1.807, 2.05) is 42.5 Å². The van der Waals surface area contributed by atoms with Gasteiger partial charge in [0.1, 0.15) is 18.4 Å².